The van der Waals surface area contributed by atoms with E-state index in [0.29, 0.717) is 18.0 Å². The number of likely N-dealkylation sites (tertiary alicyclic amines) is 1. The molecule has 3 aliphatic heterocycles. The number of hydrogen-bond donors (Lipinski definition) is 2. The zero-order valence-corrected chi connectivity index (χ0v) is 18.3. The molecule has 7 heteroatoms. The van der Waals surface area contributed by atoms with E-state index in [9.17, 15) is 0 Å². The van der Waals surface area contributed by atoms with Gasteiger partial charge >= 0.3 is 0 Å². The van der Waals surface area contributed by atoms with E-state index in [1.807, 2.05) is 12.3 Å². The number of nitrogens with one attached hydrogen (secondary N) is 2. The fourth-order valence-corrected chi connectivity index (χ4v) is 5.58. The van der Waals surface area contributed by atoms with Crippen LogP contribution in [0.25, 0.3) is 11.4 Å². The highest BCUT2D eigenvalue weighted by Crippen LogP contribution is 2.45. The minimum atomic E-state index is 0.256. The molecule has 3 aliphatic rings. The van der Waals surface area contributed by atoms with Gasteiger partial charge in [-0.1, -0.05) is 13.8 Å². The number of pyridine rings is 1. The van der Waals surface area contributed by atoms with Gasteiger partial charge in [-0.05, 0) is 56.5 Å². The van der Waals surface area contributed by atoms with E-state index in [1.54, 1.807) is 6.20 Å². The highest BCUT2D eigenvalue weighted by Gasteiger charge is 2.43. The molecule has 5 rings (SSSR count). The zero-order valence-electron chi connectivity index (χ0n) is 18.3. The van der Waals surface area contributed by atoms with E-state index in [2.05, 4.69) is 52.2 Å². The van der Waals surface area contributed by atoms with Crippen LogP contribution >= 0.6 is 0 Å². The van der Waals surface area contributed by atoms with Crippen LogP contribution in [0.4, 0.5) is 5.69 Å². The number of rotatable bonds is 3. The maximum Gasteiger partial charge on any atom is 0.111 e. The number of H-pyrrole nitrogens is 1. The summed E-state index contributed by atoms with van der Waals surface area (Å²) in [7, 11) is 0. The molecule has 3 unspecified atom stereocenters. The lowest BCUT2D eigenvalue weighted by molar-refractivity contribution is -0.0410. The zero-order chi connectivity index (χ0) is 20.7. The normalized spacial score (nSPS) is 31.3. The fourth-order valence-electron chi connectivity index (χ4n) is 5.58. The summed E-state index contributed by atoms with van der Waals surface area (Å²) in [6.45, 7) is 12.0. The van der Waals surface area contributed by atoms with Gasteiger partial charge in [0.25, 0.3) is 0 Å². The van der Waals surface area contributed by atoms with E-state index in [-0.39, 0.29) is 6.17 Å². The number of ether oxygens (including phenoxy) is 1. The number of hydrogen-bond acceptors (Lipinski definition) is 6. The van der Waals surface area contributed by atoms with Gasteiger partial charge in [0.1, 0.15) is 5.69 Å². The molecular formula is C23H34N6O. The predicted molar refractivity (Wildman–Crippen MR) is 118 cm³/mol. The number of aromatic amines is 1. The molecule has 2 saturated heterocycles. The van der Waals surface area contributed by atoms with Crippen LogP contribution in [0.2, 0.25) is 0 Å². The summed E-state index contributed by atoms with van der Waals surface area (Å²) < 4.78 is 5.74. The van der Waals surface area contributed by atoms with Crippen molar-refractivity contribution in [2.75, 3.05) is 38.2 Å². The van der Waals surface area contributed by atoms with E-state index in [4.69, 9.17) is 9.72 Å². The van der Waals surface area contributed by atoms with Crippen LogP contribution < -0.4 is 5.32 Å². The first-order chi connectivity index (χ1) is 14.6. The molecular weight excluding hydrogens is 376 g/mol. The largest absolute Gasteiger partial charge is 0.379 e. The van der Waals surface area contributed by atoms with Gasteiger partial charge in [-0.3, -0.25) is 19.9 Å². The fraction of sp³-hybridized carbons (Fsp3) is 0.652. The number of morpholine rings is 1. The maximum atomic E-state index is 5.74. The average molecular weight is 411 g/mol. The van der Waals surface area contributed by atoms with Gasteiger partial charge in [0, 0.05) is 36.9 Å². The van der Waals surface area contributed by atoms with Crippen LogP contribution in [-0.4, -0.2) is 70.0 Å². The van der Waals surface area contributed by atoms with Crippen LogP contribution in [0.1, 0.15) is 45.2 Å². The van der Waals surface area contributed by atoms with Crippen LogP contribution in [0.3, 0.4) is 0 Å². The number of piperidine rings is 1. The predicted octanol–water partition coefficient (Wildman–Crippen LogP) is 3.35. The van der Waals surface area contributed by atoms with Crippen molar-refractivity contribution in [3.8, 4) is 11.4 Å². The molecule has 2 fully saturated rings. The highest BCUT2D eigenvalue weighted by atomic mass is 16.5. The van der Waals surface area contributed by atoms with Crippen LogP contribution in [0, 0.1) is 11.8 Å². The summed E-state index contributed by atoms with van der Waals surface area (Å²) >= 11 is 0. The van der Waals surface area contributed by atoms with Gasteiger partial charge in [-0.15, -0.1) is 0 Å². The van der Waals surface area contributed by atoms with Crippen LogP contribution in [0.15, 0.2) is 24.5 Å². The average Bonchev–Trinajstić information content (AvgIpc) is 3.29. The minimum absolute atomic E-state index is 0.256. The summed E-state index contributed by atoms with van der Waals surface area (Å²) in [6.07, 6.45) is 6.58. The summed E-state index contributed by atoms with van der Waals surface area (Å²) in [5.41, 5.74) is 4.47. The van der Waals surface area contributed by atoms with Gasteiger partial charge < -0.3 is 10.1 Å². The Bertz CT molecular complexity index is 847. The van der Waals surface area contributed by atoms with E-state index in [1.165, 1.54) is 31.5 Å². The Kier molecular flexibility index (Phi) is 5.52. The number of anilines is 1. The maximum absolute atomic E-state index is 5.74. The third-order valence-corrected chi connectivity index (χ3v) is 7.33. The monoisotopic (exact) mass is 410 g/mol. The quantitative estimate of drug-likeness (QED) is 0.809. The second-order valence-electron chi connectivity index (χ2n) is 9.37. The van der Waals surface area contributed by atoms with Crippen molar-refractivity contribution in [1.29, 1.82) is 0 Å². The Labute approximate surface area is 179 Å². The molecule has 0 radical (unpaired) electrons. The lowest BCUT2D eigenvalue weighted by Crippen LogP contribution is -2.58. The molecule has 0 aromatic carbocycles. The first-order valence-corrected chi connectivity index (χ1v) is 11.5. The SMILES string of the molecule is CC1CCN(C2c3ccnc(-c4ccn[nH]4)c3NC(N3CCOC[C@H]3C)C2C)CC1. The standard InChI is InChI=1S/C23H34N6O/c1-15-6-10-28(11-7-15)22-17(3)23(29-12-13-30-14-16(29)2)26-20-18(22)4-8-24-21(20)19-5-9-25-27-19/h4-5,8-9,15-17,22-23,26H,6-7,10-14H2,1-3H3,(H,25,27)/t16-,17?,22?,23?/m1/s1. The van der Waals surface area contributed by atoms with Crippen LogP contribution in [-0.2, 0) is 4.74 Å². The molecule has 0 saturated carbocycles. The molecule has 5 heterocycles. The molecule has 0 aliphatic carbocycles. The van der Waals surface area contributed by atoms with Crippen molar-refractivity contribution in [3.05, 3.63) is 30.1 Å². The molecule has 162 valence electrons. The Morgan fingerprint density at radius 1 is 1.07 bits per heavy atom. The number of aromatic nitrogens is 3. The lowest BCUT2D eigenvalue weighted by atomic mass is 9.82. The van der Waals surface area contributed by atoms with Crippen molar-refractivity contribution < 1.29 is 4.74 Å². The Morgan fingerprint density at radius 3 is 2.63 bits per heavy atom. The molecule has 0 bridgehead atoms. The third-order valence-electron chi connectivity index (χ3n) is 7.33. The Balaban J connectivity index is 1.57. The van der Waals surface area contributed by atoms with Gasteiger partial charge in [0.2, 0.25) is 0 Å². The second kappa shape index (κ2) is 8.29. The van der Waals surface area contributed by atoms with Crippen molar-refractivity contribution in [1.82, 2.24) is 25.0 Å². The molecule has 7 nitrogen and oxygen atoms in total. The van der Waals surface area contributed by atoms with Gasteiger partial charge in [0.05, 0.1) is 30.8 Å². The lowest BCUT2D eigenvalue weighted by Gasteiger charge is -2.51. The minimum Gasteiger partial charge on any atom is -0.379 e. The van der Waals surface area contributed by atoms with Crippen molar-refractivity contribution in [3.63, 3.8) is 0 Å². The molecule has 4 atom stereocenters. The van der Waals surface area contributed by atoms with E-state index in [0.717, 1.165) is 42.8 Å². The first-order valence-electron chi connectivity index (χ1n) is 11.5. The van der Waals surface area contributed by atoms with E-state index >= 15 is 0 Å². The second-order valence-corrected chi connectivity index (χ2v) is 9.37. The smallest absolute Gasteiger partial charge is 0.111 e. The van der Waals surface area contributed by atoms with Crippen molar-refractivity contribution in [2.45, 2.75) is 51.9 Å². The molecule has 2 N–H and O–H groups in total. The summed E-state index contributed by atoms with van der Waals surface area (Å²) in [4.78, 5) is 10.1. The number of nitrogens with zero attached hydrogens (tertiary/aromatic N) is 4. The molecule has 0 spiro atoms. The Morgan fingerprint density at radius 2 is 1.90 bits per heavy atom. The van der Waals surface area contributed by atoms with Crippen LogP contribution in [0.5, 0.6) is 0 Å². The first kappa shape index (κ1) is 20.0. The molecule has 2 aromatic rings. The Hall–Kier alpha value is -1.96. The third kappa shape index (κ3) is 3.53. The van der Waals surface area contributed by atoms with Gasteiger partial charge in [-0.25, -0.2) is 0 Å². The van der Waals surface area contributed by atoms with Crippen molar-refractivity contribution >= 4 is 5.69 Å². The van der Waals surface area contributed by atoms with Gasteiger partial charge in [0.15, 0.2) is 0 Å². The van der Waals surface area contributed by atoms with E-state index < -0.39 is 0 Å². The summed E-state index contributed by atoms with van der Waals surface area (Å²) in [6, 6.07) is 5.01. The topological polar surface area (TPSA) is 69.3 Å². The van der Waals surface area contributed by atoms with Gasteiger partial charge in [-0.2, -0.15) is 5.10 Å². The molecule has 2 aromatic heterocycles. The molecule has 0 amide bonds. The number of fused-ring (bicyclic) bond motifs is 1. The summed E-state index contributed by atoms with van der Waals surface area (Å²) in [5, 5.41) is 11.2. The summed E-state index contributed by atoms with van der Waals surface area (Å²) in [5.74, 6) is 1.29. The highest BCUT2D eigenvalue weighted by molar-refractivity contribution is 5.76. The van der Waals surface area contributed by atoms with Crippen molar-refractivity contribution in [2.24, 2.45) is 11.8 Å². The molecule has 30 heavy (non-hydrogen) atoms.